The third kappa shape index (κ3) is 3.86. The molecule has 0 saturated carbocycles. The highest BCUT2D eigenvalue weighted by Gasteiger charge is 2.26. The van der Waals surface area contributed by atoms with Gasteiger partial charge in [0.2, 0.25) is 10.0 Å². The highest BCUT2D eigenvalue weighted by Crippen LogP contribution is 2.35. The molecule has 0 aliphatic carbocycles. The third-order valence-electron chi connectivity index (χ3n) is 4.49. The van der Waals surface area contributed by atoms with E-state index in [0.29, 0.717) is 29.6 Å². The summed E-state index contributed by atoms with van der Waals surface area (Å²) in [5.41, 5.74) is 2.63. The van der Waals surface area contributed by atoms with Crippen LogP contribution in [0.1, 0.15) is 36.6 Å². The molecule has 0 fully saturated rings. The first-order valence-electron chi connectivity index (χ1n) is 8.77. The molecule has 0 saturated heterocycles. The third-order valence-corrected chi connectivity index (χ3v) is 6.10. The van der Waals surface area contributed by atoms with Crippen LogP contribution < -0.4 is 14.2 Å². The Morgan fingerprint density at radius 1 is 0.962 bits per heavy atom. The molecule has 2 aromatic carbocycles. The summed E-state index contributed by atoms with van der Waals surface area (Å²) >= 11 is 0. The molecule has 1 N–H and O–H groups in total. The number of aryl methyl sites for hydroxylation is 2. The molecule has 0 bridgehead atoms. The Hall–Kier alpha value is -2.05. The molecule has 1 heterocycles. The van der Waals surface area contributed by atoms with Crippen LogP contribution in [-0.4, -0.2) is 21.6 Å². The van der Waals surface area contributed by atoms with E-state index in [0.717, 1.165) is 16.7 Å². The van der Waals surface area contributed by atoms with Crippen molar-refractivity contribution in [3.63, 3.8) is 0 Å². The van der Waals surface area contributed by atoms with Gasteiger partial charge in [0.25, 0.3) is 0 Å². The maximum Gasteiger partial charge on any atom is 0.241 e. The summed E-state index contributed by atoms with van der Waals surface area (Å²) < 4.78 is 40.0. The Bertz CT molecular complexity index is 906. The lowest BCUT2D eigenvalue weighted by Crippen LogP contribution is -2.32. The Labute approximate surface area is 155 Å². The molecular weight excluding hydrogens is 350 g/mol. The van der Waals surface area contributed by atoms with Gasteiger partial charge in [-0.1, -0.05) is 37.6 Å². The minimum Gasteiger partial charge on any atom is -0.486 e. The molecule has 1 aliphatic heterocycles. The van der Waals surface area contributed by atoms with E-state index < -0.39 is 10.0 Å². The number of rotatable bonds is 5. The predicted octanol–water partition coefficient (Wildman–Crippen LogP) is 3.75. The lowest BCUT2D eigenvalue weighted by molar-refractivity contribution is 0.171. The summed E-state index contributed by atoms with van der Waals surface area (Å²) in [6.45, 7) is 8.77. The first-order chi connectivity index (χ1) is 12.3. The van der Waals surface area contributed by atoms with Crippen molar-refractivity contribution >= 4 is 10.0 Å². The van der Waals surface area contributed by atoms with Gasteiger partial charge in [0.05, 0.1) is 4.90 Å². The average molecular weight is 375 g/mol. The van der Waals surface area contributed by atoms with Crippen LogP contribution in [0.5, 0.6) is 11.5 Å². The minimum atomic E-state index is -3.64. The second-order valence-corrected chi connectivity index (χ2v) is 8.70. The van der Waals surface area contributed by atoms with Crippen LogP contribution in [0, 0.1) is 19.8 Å². The van der Waals surface area contributed by atoms with Crippen LogP contribution in [0.15, 0.2) is 41.3 Å². The van der Waals surface area contributed by atoms with Crippen molar-refractivity contribution in [1.29, 1.82) is 0 Å². The first-order valence-corrected chi connectivity index (χ1v) is 10.3. The molecule has 5 nitrogen and oxygen atoms in total. The molecule has 1 aliphatic rings. The van der Waals surface area contributed by atoms with E-state index in [9.17, 15) is 8.42 Å². The minimum absolute atomic E-state index is 0.0677. The molecule has 26 heavy (non-hydrogen) atoms. The van der Waals surface area contributed by atoms with Crippen molar-refractivity contribution in [3.05, 3.63) is 53.1 Å². The largest absolute Gasteiger partial charge is 0.486 e. The smallest absolute Gasteiger partial charge is 0.241 e. The molecule has 0 radical (unpaired) electrons. The molecule has 6 heteroatoms. The van der Waals surface area contributed by atoms with E-state index in [-0.39, 0.29) is 12.0 Å². The zero-order valence-corrected chi connectivity index (χ0v) is 16.4. The van der Waals surface area contributed by atoms with Crippen LogP contribution in [0.2, 0.25) is 0 Å². The van der Waals surface area contributed by atoms with Gasteiger partial charge < -0.3 is 9.47 Å². The van der Waals surface area contributed by atoms with E-state index >= 15 is 0 Å². The molecule has 0 aromatic heterocycles. The van der Waals surface area contributed by atoms with E-state index in [1.807, 2.05) is 58.0 Å². The van der Waals surface area contributed by atoms with Crippen LogP contribution in [0.4, 0.5) is 0 Å². The second-order valence-electron chi connectivity index (χ2n) is 7.02. The van der Waals surface area contributed by atoms with Gasteiger partial charge in [-0.25, -0.2) is 13.1 Å². The number of hydrogen-bond donors (Lipinski definition) is 1. The van der Waals surface area contributed by atoms with Crippen molar-refractivity contribution in [2.75, 3.05) is 13.2 Å². The normalized spacial score (nSPS) is 15.1. The summed E-state index contributed by atoms with van der Waals surface area (Å²) in [5, 5.41) is 0. The fraction of sp³-hybridized carbons (Fsp3) is 0.400. The van der Waals surface area contributed by atoms with Gasteiger partial charge in [0.1, 0.15) is 13.2 Å². The summed E-state index contributed by atoms with van der Waals surface area (Å²) in [7, 11) is -3.64. The molecule has 0 amide bonds. The number of benzene rings is 2. The fourth-order valence-electron chi connectivity index (χ4n) is 3.17. The second kappa shape index (κ2) is 7.29. The highest BCUT2D eigenvalue weighted by atomic mass is 32.2. The van der Waals surface area contributed by atoms with Gasteiger partial charge in [0, 0.05) is 6.04 Å². The van der Waals surface area contributed by atoms with Crippen molar-refractivity contribution in [2.45, 2.75) is 38.6 Å². The maximum atomic E-state index is 13.0. The molecule has 2 aromatic rings. The van der Waals surface area contributed by atoms with Gasteiger partial charge in [-0.15, -0.1) is 0 Å². The number of fused-ring (bicyclic) bond motifs is 1. The number of sulfonamides is 1. The molecule has 0 spiro atoms. The zero-order chi connectivity index (χ0) is 18.9. The summed E-state index contributed by atoms with van der Waals surface area (Å²) in [6.07, 6.45) is 0. The standard InChI is InChI=1S/C20H25NO4S/c1-13(2)20(16-6-7-17-18(12-16)25-10-9-24-17)21-26(22,23)19-8-5-14(3)11-15(19)4/h5-8,11-13,20-21H,9-10H2,1-4H3/t20-/m1/s1. The van der Waals surface area contributed by atoms with Gasteiger partial charge >= 0.3 is 0 Å². The number of hydrogen-bond acceptors (Lipinski definition) is 4. The summed E-state index contributed by atoms with van der Waals surface area (Å²) in [6, 6.07) is 10.6. The molecular formula is C20H25NO4S. The molecule has 1 atom stereocenters. The van der Waals surface area contributed by atoms with Crippen LogP contribution >= 0.6 is 0 Å². The highest BCUT2D eigenvalue weighted by molar-refractivity contribution is 7.89. The van der Waals surface area contributed by atoms with Gasteiger partial charge in [-0.3, -0.25) is 0 Å². The number of ether oxygens (including phenoxy) is 2. The quantitative estimate of drug-likeness (QED) is 0.864. The fourth-order valence-corrected chi connectivity index (χ4v) is 4.77. The Morgan fingerprint density at radius 2 is 1.65 bits per heavy atom. The Kier molecular flexibility index (Phi) is 5.25. The van der Waals surface area contributed by atoms with E-state index in [1.54, 1.807) is 6.07 Å². The van der Waals surface area contributed by atoms with Gasteiger partial charge in [-0.05, 0) is 49.1 Å². The van der Waals surface area contributed by atoms with Crippen molar-refractivity contribution in [2.24, 2.45) is 5.92 Å². The van der Waals surface area contributed by atoms with Crippen LogP contribution in [0.3, 0.4) is 0 Å². The van der Waals surface area contributed by atoms with Gasteiger partial charge in [-0.2, -0.15) is 0 Å². The summed E-state index contributed by atoms with van der Waals surface area (Å²) in [5.74, 6) is 1.42. The lowest BCUT2D eigenvalue weighted by atomic mass is 9.97. The Morgan fingerprint density at radius 3 is 2.31 bits per heavy atom. The average Bonchev–Trinajstić information content (AvgIpc) is 2.58. The molecule has 3 rings (SSSR count). The van der Waals surface area contributed by atoms with Gasteiger partial charge in [0.15, 0.2) is 11.5 Å². The van der Waals surface area contributed by atoms with Crippen molar-refractivity contribution in [3.8, 4) is 11.5 Å². The SMILES string of the molecule is Cc1ccc(S(=O)(=O)N[C@@H](c2ccc3c(c2)OCCO3)C(C)C)c(C)c1. The van der Waals surface area contributed by atoms with E-state index in [2.05, 4.69) is 4.72 Å². The first kappa shape index (κ1) is 18.7. The van der Waals surface area contributed by atoms with Crippen molar-refractivity contribution in [1.82, 2.24) is 4.72 Å². The van der Waals surface area contributed by atoms with Crippen molar-refractivity contribution < 1.29 is 17.9 Å². The molecule has 0 unspecified atom stereocenters. The van der Waals surface area contributed by atoms with Crippen LogP contribution in [-0.2, 0) is 10.0 Å². The lowest BCUT2D eigenvalue weighted by Gasteiger charge is -2.25. The zero-order valence-electron chi connectivity index (χ0n) is 15.6. The topological polar surface area (TPSA) is 64.6 Å². The van der Waals surface area contributed by atoms with Crippen LogP contribution in [0.25, 0.3) is 0 Å². The monoisotopic (exact) mass is 375 g/mol. The van der Waals surface area contributed by atoms with E-state index in [1.165, 1.54) is 0 Å². The maximum absolute atomic E-state index is 13.0. The van der Waals surface area contributed by atoms with E-state index in [4.69, 9.17) is 9.47 Å². The number of nitrogens with one attached hydrogen (secondary N) is 1. The Balaban J connectivity index is 1.93. The predicted molar refractivity (Wildman–Crippen MR) is 101 cm³/mol. The molecule has 140 valence electrons. The summed E-state index contributed by atoms with van der Waals surface area (Å²) in [4.78, 5) is 0.311.